The second-order valence-electron chi connectivity index (χ2n) is 5.83. The molecule has 0 radical (unpaired) electrons. The van der Waals surface area contributed by atoms with Gasteiger partial charge >= 0.3 is 5.97 Å². The smallest absolute Gasteiger partial charge is 0.307 e. The monoisotopic (exact) mass is 243 g/mol. The van der Waals surface area contributed by atoms with Crippen molar-refractivity contribution >= 4 is 16.9 Å². The predicted molar refractivity (Wildman–Crippen MR) is 70.6 cm³/mol. The van der Waals surface area contributed by atoms with Crippen LogP contribution >= 0.6 is 0 Å². The Balaban J connectivity index is 2.15. The first kappa shape index (κ1) is 11.3. The van der Waals surface area contributed by atoms with Crippen molar-refractivity contribution in [1.29, 1.82) is 0 Å². The minimum atomic E-state index is -0.682. The van der Waals surface area contributed by atoms with Gasteiger partial charge < -0.3 is 9.67 Å². The highest BCUT2D eigenvalue weighted by molar-refractivity contribution is 5.87. The first-order chi connectivity index (χ1) is 8.44. The van der Waals surface area contributed by atoms with Gasteiger partial charge in [0.1, 0.15) is 0 Å². The molecular formula is C15H17NO2. The summed E-state index contributed by atoms with van der Waals surface area (Å²) in [5, 5.41) is 10.5. The van der Waals surface area contributed by atoms with Crippen LogP contribution < -0.4 is 0 Å². The van der Waals surface area contributed by atoms with Crippen LogP contribution in [0, 0.1) is 11.3 Å². The van der Waals surface area contributed by atoms with Crippen LogP contribution in [0.1, 0.15) is 25.3 Å². The quantitative estimate of drug-likeness (QED) is 0.881. The largest absolute Gasteiger partial charge is 0.481 e. The highest BCUT2D eigenvalue weighted by atomic mass is 16.4. The third-order valence-corrected chi connectivity index (χ3v) is 4.36. The standard InChI is InChI=1S/C15H17NO2/c1-15(2)12(13(15)14(17)18)10-8-16(3)11-7-5-4-6-9(10)11/h4-8,12-13H,1-3H3,(H,17,18)/t12-,13+/m1/s1. The number of aromatic nitrogens is 1. The predicted octanol–water partition coefficient (Wildman–Crippen LogP) is 3.00. The lowest BCUT2D eigenvalue weighted by Gasteiger charge is -2.00. The number of hydrogen-bond acceptors (Lipinski definition) is 1. The van der Waals surface area contributed by atoms with Crippen LogP contribution in [0.5, 0.6) is 0 Å². The Morgan fingerprint density at radius 1 is 1.33 bits per heavy atom. The number of aliphatic carboxylic acids is 1. The van der Waals surface area contributed by atoms with Gasteiger partial charge in [-0.15, -0.1) is 0 Å². The maximum atomic E-state index is 11.3. The van der Waals surface area contributed by atoms with Gasteiger partial charge in [-0.1, -0.05) is 32.0 Å². The normalized spacial score (nSPS) is 25.3. The number of rotatable bonds is 2. The van der Waals surface area contributed by atoms with Gasteiger partial charge in [-0.05, 0) is 17.0 Å². The van der Waals surface area contributed by atoms with Gasteiger partial charge in [-0.2, -0.15) is 0 Å². The highest BCUT2D eigenvalue weighted by Crippen LogP contribution is 2.65. The van der Waals surface area contributed by atoms with E-state index in [1.807, 2.05) is 33.0 Å². The molecule has 1 aliphatic rings. The van der Waals surface area contributed by atoms with Crippen molar-refractivity contribution in [3.63, 3.8) is 0 Å². The van der Waals surface area contributed by atoms with Crippen molar-refractivity contribution in [2.45, 2.75) is 19.8 Å². The molecule has 2 atom stereocenters. The fraction of sp³-hybridized carbons (Fsp3) is 0.400. The van der Waals surface area contributed by atoms with Crippen molar-refractivity contribution in [1.82, 2.24) is 4.57 Å². The first-order valence-corrected chi connectivity index (χ1v) is 6.21. The molecule has 18 heavy (non-hydrogen) atoms. The van der Waals surface area contributed by atoms with Crippen molar-refractivity contribution in [2.24, 2.45) is 18.4 Å². The van der Waals surface area contributed by atoms with E-state index in [1.165, 1.54) is 16.5 Å². The van der Waals surface area contributed by atoms with Crippen molar-refractivity contribution in [2.75, 3.05) is 0 Å². The summed E-state index contributed by atoms with van der Waals surface area (Å²) in [6.07, 6.45) is 2.08. The van der Waals surface area contributed by atoms with Crippen LogP contribution in [0.15, 0.2) is 30.5 Å². The van der Waals surface area contributed by atoms with E-state index in [0.29, 0.717) is 0 Å². The summed E-state index contributed by atoms with van der Waals surface area (Å²) in [5.41, 5.74) is 2.19. The fourth-order valence-corrected chi connectivity index (χ4v) is 3.30. The Morgan fingerprint density at radius 2 is 2.00 bits per heavy atom. The number of aryl methyl sites for hydroxylation is 1. The van der Waals surface area contributed by atoms with Crippen LogP contribution in [-0.2, 0) is 11.8 Å². The molecule has 3 nitrogen and oxygen atoms in total. The molecule has 1 aromatic carbocycles. The van der Waals surface area contributed by atoms with Crippen LogP contribution in [-0.4, -0.2) is 15.6 Å². The second kappa shape index (κ2) is 3.37. The van der Waals surface area contributed by atoms with Gasteiger partial charge in [0.25, 0.3) is 0 Å². The third kappa shape index (κ3) is 1.33. The Morgan fingerprint density at radius 3 is 2.61 bits per heavy atom. The number of hydrogen-bond donors (Lipinski definition) is 1. The maximum Gasteiger partial charge on any atom is 0.307 e. The van der Waals surface area contributed by atoms with Crippen LogP contribution in [0.2, 0.25) is 0 Å². The fourth-order valence-electron chi connectivity index (χ4n) is 3.30. The van der Waals surface area contributed by atoms with Gasteiger partial charge in [0, 0.05) is 30.1 Å². The molecule has 0 saturated heterocycles. The van der Waals surface area contributed by atoms with E-state index >= 15 is 0 Å². The zero-order valence-corrected chi connectivity index (χ0v) is 10.8. The lowest BCUT2D eigenvalue weighted by Crippen LogP contribution is -2.03. The van der Waals surface area contributed by atoms with E-state index in [2.05, 4.69) is 22.9 Å². The summed E-state index contributed by atoms with van der Waals surface area (Å²) in [6, 6.07) is 8.18. The number of nitrogens with zero attached hydrogens (tertiary/aromatic N) is 1. The molecular weight excluding hydrogens is 226 g/mol. The van der Waals surface area contributed by atoms with Gasteiger partial charge in [-0.3, -0.25) is 4.79 Å². The number of carboxylic acids is 1. The van der Waals surface area contributed by atoms with E-state index in [1.54, 1.807) is 0 Å². The van der Waals surface area contributed by atoms with Crippen molar-refractivity contribution in [3.05, 3.63) is 36.0 Å². The summed E-state index contributed by atoms with van der Waals surface area (Å²) in [5.74, 6) is -0.817. The number of para-hydroxylation sites is 1. The molecule has 0 bridgehead atoms. The number of fused-ring (bicyclic) bond motifs is 1. The molecule has 1 N–H and O–H groups in total. The first-order valence-electron chi connectivity index (χ1n) is 6.21. The molecule has 0 spiro atoms. The molecule has 0 amide bonds. The van der Waals surface area contributed by atoms with Gasteiger partial charge in [0.15, 0.2) is 0 Å². The third-order valence-electron chi connectivity index (χ3n) is 4.36. The molecule has 1 saturated carbocycles. The SMILES string of the molecule is Cn1cc([C@@H]2[C@@H](C(=O)O)C2(C)C)c2ccccc21. The molecule has 1 aromatic heterocycles. The lowest BCUT2D eigenvalue weighted by molar-refractivity contribution is -0.139. The van der Waals surface area contributed by atoms with Crippen molar-refractivity contribution < 1.29 is 9.90 Å². The Hall–Kier alpha value is -1.77. The van der Waals surface area contributed by atoms with Crippen LogP contribution in [0.25, 0.3) is 10.9 Å². The minimum Gasteiger partial charge on any atom is -0.481 e. The van der Waals surface area contributed by atoms with Crippen LogP contribution in [0.3, 0.4) is 0 Å². The number of carboxylic acid groups (broad SMARTS) is 1. The Labute approximate surface area is 106 Å². The highest BCUT2D eigenvalue weighted by Gasteiger charge is 2.63. The van der Waals surface area contributed by atoms with E-state index in [9.17, 15) is 9.90 Å². The summed E-state index contributed by atoms with van der Waals surface area (Å²) in [7, 11) is 2.01. The number of carbonyl (C=O) groups is 1. The minimum absolute atomic E-state index is 0.126. The summed E-state index contributed by atoms with van der Waals surface area (Å²) < 4.78 is 2.08. The van der Waals surface area contributed by atoms with E-state index in [-0.39, 0.29) is 17.3 Å². The number of benzene rings is 1. The van der Waals surface area contributed by atoms with Gasteiger partial charge in [0.2, 0.25) is 0 Å². The molecule has 1 heterocycles. The summed E-state index contributed by atoms with van der Waals surface area (Å²) in [6.45, 7) is 4.08. The van der Waals surface area contributed by atoms with E-state index in [0.717, 1.165) is 0 Å². The molecule has 94 valence electrons. The average Bonchev–Trinajstić information content (AvgIpc) is 2.73. The molecule has 1 fully saturated rings. The summed E-state index contributed by atoms with van der Waals surface area (Å²) >= 11 is 0. The zero-order valence-electron chi connectivity index (χ0n) is 10.8. The van der Waals surface area contributed by atoms with Crippen molar-refractivity contribution in [3.8, 4) is 0 Å². The zero-order chi connectivity index (χ0) is 13.1. The molecule has 3 rings (SSSR count). The molecule has 2 aromatic rings. The van der Waals surface area contributed by atoms with Gasteiger partial charge in [0.05, 0.1) is 5.92 Å². The van der Waals surface area contributed by atoms with Gasteiger partial charge in [-0.25, -0.2) is 0 Å². The summed E-state index contributed by atoms with van der Waals surface area (Å²) in [4.78, 5) is 11.3. The topological polar surface area (TPSA) is 42.2 Å². The van der Waals surface area contributed by atoms with E-state index in [4.69, 9.17) is 0 Å². The van der Waals surface area contributed by atoms with E-state index < -0.39 is 5.97 Å². The average molecular weight is 243 g/mol. The molecule has 1 aliphatic carbocycles. The molecule has 3 heteroatoms. The molecule has 0 unspecified atom stereocenters. The Kier molecular flexibility index (Phi) is 2.12. The maximum absolute atomic E-state index is 11.3. The van der Waals surface area contributed by atoms with Crippen LogP contribution in [0.4, 0.5) is 0 Å². The Bertz CT molecular complexity index is 639. The lowest BCUT2D eigenvalue weighted by atomic mass is 10.0. The second-order valence-corrected chi connectivity index (χ2v) is 5.83. The molecule has 0 aliphatic heterocycles.